The average molecular weight is 744 g/mol. The standard InChI is InChI=1S/C37H49N11O6/c1-48-30(20-23-10-13-24-6-2-3-7-25(24)18-23)34(53)44-21-31(50)45-29(19-22-11-14-26(49)15-12-22)33(52)46-27(8-4-16-42-36(38)39)32(51)47-28(35(48)54)9-5-17-43-37(40)41/h2-3,6-7,10-15,18,27-30,49H,4-5,8-9,16-17,19-21H2,1H3,(H,44,53)(H,45,50)(H,46,52)(H,47,51)(H4,38,39,42)(H4,40,41,43)/t27-,28-,29+,30-/m0/s1. The third-order valence-corrected chi connectivity index (χ3v) is 8.95. The number of phenolic OH excluding ortho intramolecular Hbond substituents is 1. The lowest BCUT2D eigenvalue weighted by Crippen LogP contribution is -2.58. The second-order valence-electron chi connectivity index (χ2n) is 13.1. The normalized spacial score (nSPS) is 20.1. The monoisotopic (exact) mass is 743 g/mol. The van der Waals surface area contributed by atoms with Gasteiger partial charge < -0.3 is 54.2 Å². The van der Waals surface area contributed by atoms with E-state index in [-0.39, 0.29) is 62.9 Å². The van der Waals surface area contributed by atoms with Gasteiger partial charge in [0.1, 0.15) is 29.9 Å². The van der Waals surface area contributed by atoms with Crippen LogP contribution in [0.2, 0.25) is 0 Å². The molecule has 288 valence electrons. The number of carbonyl (C=O) groups excluding carboxylic acids is 5. The largest absolute Gasteiger partial charge is 0.508 e. The van der Waals surface area contributed by atoms with Crippen LogP contribution in [0, 0.1) is 0 Å². The molecule has 4 atom stereocenters. The second-order valence-corrected chi connectivity index (χ2v) is 13.1. The summed E-state index contributed by atoms with van der Waals surface area (Å²) in [4.78, 5) is 78.5. The van der Waals surface area contributed by atoms with Crippen LogP contribution >= 0.6 is 0 Å². The van der Waals surface area contributed by atoms with Crippen LogP contribution in [0.25, 0.3) is 10.8 Å². The number of hydrogen-bond donors (Lipinski definition) is 9. The quantitative estimate of drug-likeness (QED) is 0.0610. The van der Waals surface area contributed by atoms with E-state index in [9.17, 15) is 29.1 Å². The number of carbonyl (C=O) groups is 5. The van der Waals surface area contributed by atoms with Gasteiger partial charge >= 0.3 is 0 Å². The van der Waals surface area contributed by atoms with Crippen LogP contribution in [-0.2, 0) is 36.8 Å². The molecule has 0 aromatic heterocycles. The molecule has 1 fully saturated rings. The first-order valence-corrected chi connectivity index (χ1v) is 17.6. The summed E-state index contributed by atoms with van der Waals surface area (Å²) >= 11 is 0. The van der Waals surface area contributed by atoms with Crippen LogP contribution in [0.15, 0.2) is 76.7 Å². The Bertz CT molecular complexity index is 1860. The van der Waals surface area contributed by atoms with E-state index in [1.54, 1.807) is 12.1 Å². The van der Waals surface area contributed by atoms with Gasteiger partial charge in [0.2, 0.25) is 29.5 Å². The number of likely N-dealkylation sites (N-methyl/N-ethyl adjacent to an activating group) is 1. The van der Waals surface area contributed by atoms with Crippen molar-refractivity contribution in [3.05, 3.63) is 77.9 Å². The van der Waals surface area contributed by atoms with Crippen molar-refractivity contribution in [3.8, 4) is 5.75 Å². The average Bonchev–Trinajstić information content (AvgIpc) is 3.14. The van der Waals surface area contributed by atoms with E-state index < -0.39 is 60.2 Å². The van der Waals surface area contributed by atoms with Gasteiger partial charge in [-0.2, -0.15) is 0 Å². The van der Waals surface area contributed by atoms with Gasteiger partial charge in [-0.25, -0.2) is 0 Å². The Balaban J connectivity index is 1.71. The summed E-state index contributed by atoms with van der Waals surface area (Å²) in [5, 5.41) is 22.5. The van der Waals surface area contributed by atoms with Gasteiger partial charge in [-0.3, -0.25) is 34.0 Å². The van der Waals surface area contributed by atoms with Crippen LogP contribution in [0.3, 0.4) is 0 Å². The Kier molecular flexibility index (Phi) is 14.5. The fraction of sp³-hybridized carbons (Fsp3) is 0.378. The van der Waals surface area contributed by atoms with E-state index in [1.807, 2.05) is 42.5 Å². The molecule has 1 heterocycles. The Labute approximate surface area is 313 Å². The Morgan fingerprint density at radius 1 is 0.704 bits per heavy atom. The fourth-order valence-electron chi connectivity index (χ4n) is 6.08. The van der Waals surface area contributed by atoms with E-state index in [1.165, 1.54) is 24.1 Å². The number of hydrogen-bond acceptors (Lipinski definition) is 8. The van der Waals surface area contributed by atoms with Crippen LogP contribution in [-0.4, -0.2) is 102 Å². The van der Waals surface area contributed by atoms with E-state index in [4.69, 9.17) is 22.9 Å². The number of aliphatic imine (C=N–C) groups is 2. The summed E-state index contributed by atoms with van der Waals surface area (Å²) in [5.41, 5.74) is 23.3. The zero-order valence-corrected chi connectivity index (χ0v) is 30.2. The maximum atomic E-state index is 14.3. The van der Waals surface area contributed by atoms with Gasteiger partial charge in [0.05, 0.1) is 6.54 Å². The smallest absolute Gasteiger partial charge is 0.245 e. The Morgan fingerprint density at radius 2 is 1.28 bits per heavy atom. The van der Waals surface area contributed by atoms with E-state index >= 15 is 0 Å². The molecule has 0 bridgehead atoms. The summed E-state index contributed by atoms with van der Waals surface area (Å²) in [6.45, 7) is -0.183. The zero-order chi connectivity index (χ0) is 39.2. The van der Waals surface area contributed by atoms with Crippen molar-refractivity contribution in [2.24, 2.45) is 32.9 Å². The number of rotatable bonds is 12. The number of phenols is 1. The summed E-state index contributed by atoms with van der Waals surface area (Å²) in [6, 6.07) is 14.9. The molecule has 17 heteroatoms. The molecular formula is C37H49N11O6. The number of aromatic hydroxyl groups is 1. The maximum absolute atomic E-state index is 14.3. The van der Waals surface area contributed by atoms with Crippen LogP contribution in [0.1, 0.15) is 36.8 Å². The van der Waals surface area contributed by atoms with Crippen molar-refractivity contribution >= 4 is 52.2 Å². The molecule has 13 N–H and O–H groups in total. The summed E-state index contributed by atoms with van der Waals surface area (Å²) in [6.07, 6.45) is 0.816. The van der Waals surface area contributed by atoms with Crippen molar-refractivity contribution < 1.29 is 29.1 Å². The fourth-order valence-corrected chi connectivity index (χ4v) is 6.08. The number of nitrogens with zero attached hydrogens (tertiary/aromatic N) is 3. The molecule has 1 aliphatic rings. The molecule has 0 aliphatic carbocycles. The lowest BCUT2D eigenvalue weighted by Gasteiger charge is -2.31. The number of nitrogens with two attached hydrogens (primary N) is 4. The third-order valence-electron chi connectivity index (χ3n) is 8.95. The molecule has 4 rings (SSSR count). The van der Waals surface area contributed by atoms with Crippen LogP contribution < -0.4 is 44.2 Å². The Hall–Kier alpha value is -6.39. The molecular weight excluding hydrogens is 694 g/mol. The minimum Gasteiger partial charge on any atom is -0.508 e. The summed E-state index contributed by atoms with van der Waals surface area (Å²) < 4.78 is 0. The number of benzene rings is 3. The number of nitrogens with one attached hydrogen (secondary N) is 4. The number of guanidine groups is 2. The van der Waals surface area contributed by atoms with E-state index in [0.717, 1.165) is 16.3 Å². The molecule has 5 amide bonds. The molecule has 54 heavy (non-hydrogen) atoms. The van der Waals surface area contributed by atoms with Gasteiger partial charge in [0, 0.05) is 33.0 Å². The van der Waals surface area contributed by atoms with Crippen molar-refractivity contribution in [3.63, 3.8) is 0 Å². The highest BCUT2D eigenvalue weighted by Gasteiger charge is 2.35. The number of fused-ring (bicyclic) bond motifs is 1. The predicted octanol–water partition coefficient (Wildman–Crippen LogP) is -1.15. The predicted molar refractivity (Wildman–Crippen MR) is 205 cm³/mol. The highest BCUT2D eigenvalue weighted by atomic mass is 16.3. The van der Waals surface area contributed by atoms with Crippen LogP contribution in [0.5, 0.6) is 5.75 Å². The second kappa shape index (κ2) is 19.4. The molecule has 0 radical (unpaired) electrons. The highest BCUT2D eigenvalue weighted by molar-refractivity contribution is 5.97. The lowest BCUT2D eigenvalue weighted by atomic mass is 9.99. The molecule has 17 nitrogen and oxygen atoms in total. The first-order chi connectivity index (χ1) is 25.8. The molecule has 3 aromatic rings. The number of amides is 5. The van der Waals surface area contributed by atoms with Gasteiger partial charge in [-0.1, -0.05) is 54.6 Å². The SMILES string of the molecule is CN1C(=O)[C@H](CCCN=C(N)N)NC(=O)[C@H](CCCN=C(N)N)NC(=O)[C@@H](Cc2ccc(O)cc2)NC(=O)CNC(=O)[C@@H]1Cc1ccc2ccccc2c1. The maximum Gasteiger partial charge on any atom is 0.245 e. The van der Waals surface area contributed by atoms with Crippen molar-refractivity contribution in [1.29, 1.82) is 0 Å². The molecule has 0 saturated carbocycles. The lowest BCUT2D eigenvalue weighted by molar-refractivity contribution is -0.142. The van der Waals surface area contributed by atoms with E-state index in [2.05, 4.69) is 31.3 Å². The first-order valence-electron chi connectivity index (χ1n) is 17.6. The molecule has 1 aliphatic heterocycles. The minimum absolute atomic E-state index is 0.00658. The zero-order valence-electron chi connectivity index (χ0n) is 30.2. The molecule has 0 spiro atoms. The third kappa shape index (κ3) is 12.1. The van der Waals surface area contributed by atoms with Crippen molar-refractivity contribution in [2.45, 2.75) is 62.7 Å². The Morgan fingerprint density at radius 3 is 1.93 bits per heavy atom. The van der Waals surface area contributed by atoms with Crippen molar-refractivity contribution in [1.82, 2.24) is 26.2 Å². The van der Waals surface area contributed by atoms with Gasteiger partial charge in [-0.15, -0.1) is 0 Å². The van der Waals surface area contributed by atoms with Gasteiger partial charge in [0.15, 0.2) is 11.9 Å². The minimum atomic E-state index is -1.19. The van der Waals surface area contributed by atoms with Gasteiger partial charge in [0.25, 0.3) is 0 Å². The van der Waals surface area contributed by atoms with Gasteiger partial charge in [-0.05, 0) is 59.7 Å². The van der Waals surface area contributed by atoms with Crippen LogP contribution in [0.4, 0.5) is 0 Å². The molecule has 1 saturated heterocycles. The molecule has 3 aromatic carbocycles. The summed E-state index contributed by atoms with van der Waals surface area (Å²) in [7, 11) is 1.46. The van der Waals surface area contributed by atoms with E-state index in [0.29, 0.717) is 12.0 Å². The topological polar surface area (TPSA) is 286 Å². The summed E-state index contributed by atoms with van der Waals surface area (Å²) in [5.74, 6) is -3.51. The highest BCUT2D eigenvalue weighted by Crippen LogP contribution is 2.19. The first kappa shape index (κ1) is 40.4. The van der Waals surface area contributed by atoms with Crippen molar-refractivity contribution in [2.75, 3.05) is 26.7 Å². The molecule has 0 unspecified atom stereocenters.